The predicted octanol–water partition coefficient (Wildman–Crippen LogP) is 4.75. The lowest BCUT2D eigenvalue weighted by molar-refractivity contribution is 0.199. The van der Waals surface area contributed by atoms with Crippen molar-refractivity contribution < 1.29 is 4.74 Å². The fourth-order valence-electron chi connectivity index (χ4n) is 3.43. The summed E-state index contributed by atoms with van der Waals surface area (Å²) in [4.78, 5) is 8.97. The average Bonchev–Trinajstić information content (AvgIpc) is 2.59. The number of aryl methyl sites for hydroxylation is 1. The van der Waals surface area contributed by atoms with Crippen LogP contribution < -0.4 is 10.5 Å². The van der Waals surface area contributed by atoms with E-state index in [1.165, 1.54) is 0 Å². The summed E-state index contributed by atoms with van der Waals surface area (Å²) < 4.78 is 5.93. The third-order valence-electron chi connectivity index (χ3n) is 4.40. The molecule has 3 aromatic rings. The summed E-state index contributed by atoms with van der Waals surface area (Å²) in [6.45, 7) is 8.84. The van der Waals surface area contributed by atoms with E-state index in [1.807, 2.05) is 50.5 Å². The fourth-order valence-corrected chi connectivity index (χ4v) is 3.43. The van der Waals surface area contributed by atoms with Gasteiger partial charge in [-0.25, -0.2) is 4.98 Å². The Hall–Kier alpha value is -2.46. The molecule has 0 saturated heterocycles. The van der Waals surface area contributed by atoms with Crippen molar-refractivity contribution in [3.05, 3.63) is 54.4 Å². The zero-order valence-corrected chi connectivity index (χ0v) is 16.0. The Kier molecular flexibility index (Phi) is 5.23. The SMILES string of the molecule is Cc1cc(-c2ccnc3ccccc23)cnc1OCC(C)(N)CC(C)C. The number of pyridine rings is 2. The van der Waals surface area contributed by atoms with E-state index in [0.717, 1.165) is 34.0 Å². The molecular formula is C22H27N3O. The number of para-hydroxylation sites is 1. The molecule has 26 heavy (non-hydrogen) atoms. The Balaban J connectivity index is 1.84. The average molecular weight is 349 g/mol. The van der Waals surface area contributed by atoms with Gasteiger partial charge in [0, 0.05) is 34.4 Å². The molecule has 0 radical (unpaired) electrons. The van der Waals surface area contributed by atoms with E-state index in [4.69, 9.17) is 10.5 Å². The molecule has 3 rings (SSSR count). The van der Waals surface area contributed by atoms with Gasteiger partial charge in [-0.1, -0.05) is 32.0 Å². The number of nitrogens with zero attached hydrogens (tertiary/aromatic N) is 2. The quantitative estimate of drug-likeness (QED) is 0.698. The highest BCUT2D eigenvalue weighted by molar-refractivity contribution is 5.94. The number of benzene rings is 1. The zero-order chi connectivity index (χ0) is 18.7. The minimum atomic E-state index is -0.359. The molecule has 0 aliphatic rings. The van der Waals surface area contributed by atoms with Crippen molar-refractivity contribution in [2.45, 2.75) is 39.7 Å². The molecule has 2 heterocycles. The smallest absolute Gasteiger partial charge is 0.216 e. The fraction of sp³-hybridized carbons (Fsp3) is 0.364. The van der Waals surface area contributed by atoms with Crippen LogP contribution in [0.4, 0.5) is 0 Å². The number of rotatable bonds is 6. The van der Waals surface area contributed by atoms with Crippen LogP contribution in [0.3, 0.4) is 0 Å². The van der Waals surface area contributed by atoms with Crippen molar-refractivity contribution in [3.63, 3.8) is 0 Å². The van der Waals surface area contributed by atoms with Crippen LogP contribution in [0.15, 0.2) is 48.8 Å². The number of hydrogen-bond donors (Lipinski definition) is 1. The topological polar surface area (TPSA) is 61.0 Å². The standard InChI is InChI=1S/C22H27N3O/c1-15(2)12-22(4,23)14-26-21-16(3)11-17(13-25-21)18-9-10-24-20-8-6-5-7-19(18)20/h5-11,13,15H,12,14,23H2,1-4H3. The highest BCUT2D eigenvalue weighted by Gasteiger charge is 2.21. The maximum atomic E-state index is 6.34. The molecule has 1 atom stereocenters. The monoisotopic (exact) mass is 349 g/mol. The lowest BCUT2D eigenvalue weighted by Gasteiger charge is -2.26. The summed E-state index contributed by atoms with van der Waals surface area (Å²) in [5.41, 5.74) is 10.2. The summed E-state index contributed by atoms with van der Waals surface area (Å²) in [5, 5.41) is 1.12. The molecule has 2 N–H and O–H groups in total. The second kappa shape index (κ2) is 7.42. The van der Waals surface area contributed by atoms with E-state index < -0.39 is 0 Å². The Bertz CT molecular complexity index is 898. The van der Waals surface area contributed by atoms with Crippen molar-refractivity contribution in [1.82, 2.24) is 9.97 Å². The number of aromatic nitrogens is 2. The van der Waals surface area contributed by atoms with E-state index in [-0.39, 0.29) is 5.54 Å². The molecule has 2 aromatic heterocycles. The lowest BCUT2D eigenvalue weighted by Crippen LogP contribution is -2.43. The van der Waals surface area contributed by atoms with Crippen LogP contribution in [0.5, 0.6) is 5.88 Å². The van der Waals surface area contributed by atoms with E-state index in [1.54, 1.807) is 0 Å². The van der Waals surface area contributed by atoms with Crippen LogP contribution in [-0.4, -0.2) is 22.1 Å². The molecule has 136 valence electrons. The Morgan fingerprint density at radius 3 is 2.65 bits per heavy atom. The minimum Gasteiger partial charge on any atom is -0.476 e. The first-order valence-corrected chi connectivity index (χ1v) is 9.08. The Labute approximate surface area is 155 Å². The van der Waals surface area contributed by atoms with E-state index in [9.17, 15) is 0 Å². The first-order valence-electron chi connectivity index (χ1n) is 9.08. The molecule has 0 fully saturated rings. The number of nitrogens with two attached hydrogens (primary N) is 1. The first kappa shape index (κ1) is 18.3. The predicted molar refractivity (Wildman–Crippen MR) is 107 cm³/mol. The highest BCUT2D eigenvalue weighted by atomic mass is 16.5. The van der Waals surface area contributed by atoms with Crippen LogP contribution in [-0.2, 0) is 0 Å². The molecule has 0 amide bonds. The van der Waals surface area contributed by atoms with Gasteiger partial charge in [-0.05, 0) is 49.9 Å². The van der Waals surface area contributed by atoms with Crippen molar-refractivity contribution in [1.29, 1.82) is 0 Å². The largest absolute Gasteiger partial charge is 0.476 e. The van der Waals surface area contributed by atoms with Gasteiger partial charge in [0.1, 0.15) is 6.61 Å². The van der Waals surface area contributed by atoms with Gasteiger partial charge in [0.2, 0.25) is 5.88 Å². The number of fused-ring (bicyclic) bond motifs is 1. The molecule has 0 saturated carbocycles. The van der Waals surface area contributed by atoms with Gasteiger partial charge in [0.25, 0.3) is 0 Å². The summed E-state index contributed by atoms with van der Waals surface area (Å²) in [7, 11) is 0. The van der Waals surface area contributed by atoms with E-state index in [0.29, 0.717) is 18.4 Å². The Morgan fingerprint density at radius 2 is 1.92 bits per heavy atom. The maximum Gasteiger partial charge on any atom is 0.216 e. The third kappa shape index (κ3) is 4.20. The van der Waals surface area contributed by atoms with Crippen molar-refractivity contribution >= 4 is 10.9 Å². The van der Waals surface area contributed by atoms with Gasteiger partial charge in [-0.3, -0.25) is 4.98 Å². The van der Waals surface area contributed by atoms with Gasteiger partial charge in [0.05, 0.1) is 5.52 Å². The molecule has 0 spiro atoms. The zero-order valence-electron chi connectivity index (χ0n) is 16.0. The maximum absolute atomic E-state index is 6.34. The lowest BCUT2D eigenvalue weighted by atomic mass is 9.93. The van der Waals surface area contributed by atoms with Gasteiger partial charge < -0.3 is 10.5 Å². The van der Waals surface area contributed by atoms with Gasteiger partial charge in [-0.2, -0.15) is 0 Å². The molecule has 0 aliphatic heterocycles. The molecule has 1 unspecified atom stereocenters. The van der Waals surface area contributed by atoms with Crippen LogP contribution >= 0.6 is 0 Å². The number of ether oxygens (including phenoxy) is 1. The van der Waals surface area contributed by atoms with Crippen molar-refractivity contribution in [3.8, 4) is 17.0 Å². The number of hydrogen-bond acceptors (Lipinski definition) is 4. The summed E-state index contributed by atoms with van der Waals surface area (Å²) in [6, 6.07) is 12.3. The normalized spacial score (nSPS) is 13.8. The second-order valence-corrected chi connectivity index (χ2v) is 7.76. The third-order valence-corrected chi connectivity index (χ3v) is 4.40. The summed E-state index contributed by atoms with van der Waals surface area (Å²) in [5.74, 6) is 1.18. The minimum absolute atomic E-state index is 0.359. The molecule has 4 heteroatoms. The van der Waals surface area contributed by atoms with Gasteiger partial charge >= 0.3 is 0 Å². The Morgan fingerprint density at radius 1 is 1.15 bits per heavy atom. The summed E-state index contributed by atoms with van der Waals surface area (Å²) in [6.07, 6.45) is 4.61. The van der Waals surface area contributed by atoms with Gasteiger partial charge in [-0.15, -0.1) is 0 Å². The summed E-state index contributed by atoms with van der Waals surface area (Å²) >= 11 is 0. The van der Waals surface area contributed by atoms with Gasteiger partial charge in [0.15, 0.2) is 0 Å². The van der Waals surface area contributed by atoms with Crippen LogP contribution in [0.25, 0.3) is 22.0 Å². The molecular weight excluding hydrogens is 322 g/mol. The first-order chi connectivity index (χ1) is 12.4. The van der Waals surface area contributed by atoms with Crippen LogP contribution in [0, 0.1) is 12.8 Å². The molecule has 0 bridgehead atoms. The van der Waals surface area contributed by atoms with E-state index in [2.05, 4.69) is 35.9 Å². The highest BCUT2D eigenvalue weighted by Crippen LogP contribution is 2.29. The van der Waals surface area contributed by atoms with Crippen LogP contribution in [0.2, 0.25) is 0 Å². The second-order valence-electron chi connectivity index (χ2n) is 7.76. The van der Waals surface area contributed by atoms with Crippen molar-refractivity contribution in [2.75, 3.05) is 6.61 Å². The molecule has 1 aromatic carbocycles. The van der Waals surface area contributed by atoms with Crippen LogP contribution in [0.1, 0.15) is 32.8 Å². The molecule has 0 aliphatic carbocycles. The molecule has 4 nitrogen and oxygen atoms in total. The van der Waals surface area contributed by atoms with E-state index >= 15 is 0 Å². The van der Waals surface area contributed by atoms with Crippen molar-refractivity contribution in [2.24, 2.45) is 11.7 Å².